The van der Waals surface area contributed by atoms with Crippen LogP contribution in [0.15, 0.2) is 24.0 Å². The summed E-state index contributed by atoms with van der Waals surface area (Å²) >= 11 is 0. The van der Waals surface area contributed by atoms with Crippen molar-refractivity contribution in [3.8, 4) is 12.3 Å². The second-order valence-electron chi connectivity index (χ2n) is 1.79. The molecule has 0 rings (SSSR count). The van der Waals surface area contributed by atoms with E-state index in [9.17, 15) is 0 Å². The third-order valence-electron chi connectivity index (χ3n) is 0.952. The molecule has 0 amide bonds. The van der Waals surface area contributed by atoms with Crippen LogP contribution >= 0.6 is 0 Å². The van der Waals surface area contributed by atoms with Gasteiger partial charge in [-0.1, -0.05) is 12.5 Å². The topological polar surface area (TPSA) is 38.0 Å². The van der Waals surface area contributed by atoms with Crippen molar-refractivity contribution in [1.82, 2.24) is 5.32 Å². The van der Waals surface area contributed by atoms with Crippen LogP contribution in [0, 0.1) is 12.3 Å². The summed E-state index contributed by atoms with van der Waals surface area (Å²) in [7, 11) is 0. The van der Waals surface area contributed by atoms with Gasteiger partial charge in [-0.05, 0) is 6.92 Å². The molecule has 0 atom stereocenters. The quantitative estimate of drug-likeness (QED) is 0.440. The number of nitrogens with one attached hydrogen (secondary N) is 1. The second kappa shape index (κ2) is 4.51. The van der Waals surface area contributed by atoms with Crippen molar-refractivity contribution >= 4 is 0 Å². The van der Waals surface area contributed by atoms with Crippen LogP contribution in [0.4, 0.5) is 0 Å². The second-order valence-corrected chi connectivity index (χ2v) is 1.79. The Balaban J connectivity index is 4.09. The molecule has 0 heterocycles. The smallest absolute Gasteiger partial charge is 0.0622 e. The van der Waals surface area contributed by atoms with Crippen LogP contribution in [0.2, 0.25) is 0 Å². The van der Waals surface area contributed by atoms with E-state index in [0.717, 1.165) is 6.54 Å². The number of hydrogen-bond acceptors (Lipinski definition) is 2. The highest BCUT2D eigenvalue weighted by Gasteiger charge is 1.89. The first-order valence-electron chi connectivity index (χ1n) is 3.07. The maximum absolute atomic E-state index is 5.34. The van der Waals surface area contributed by atoms with Crippen LogP contribution < -0.4 is 11.1 Å². The van der Waals surface area contributed by atoms with Gasteiger partial charge in [-0.2, -0.15) is 0 Å². The molecule has 10 heavy (non-hydrogen) atoms. The zero-order chi connectivity index (χ0) is 7.98. The van der Waals surface area contributed by atoms with E-state index in [1.165, 1.54) is 0 Å². The van der Waals surface area contributed by atoms with Gasteiger partial charge in [0.1, 0.15) is 0 Å². The van der Waals surface area contributed by atoms with E-state index in [4.69, 9.17) is 12.2 Å². The average Bonchev–Trinajstić information content (AvgIpc) is 1.89. The molecule has 0 aliphatic carbocycles. The molecule has 0 radical (unpaired) electrons. The van der Waals surface area contributed by atoms with Crippen LogP contribution in [-0.2, 0) is 0 Å². The fourth-order valence-electron chi connectivity index (χ4n) is 0.431. The van der Waals surface area contributed by atoms with Crippen molar-refractivity contribution in [3.05, 3.63) is 24.0 Å². The number of rotatable bonds is 3. The molecular formula is C8H12N2. The van der Waals surface area contributed by atoms with Crippen LogP contribution in [0.3, 0.4) is 0 Å². The first-order chi connectivity index (χ1) is 4.72. The molecule has 2 nitrogen and oxygen atoms in total. The molecule has 0 aromatic heterocycles. The summed E-state index contributed by atoms with van der Waals surface area (Å²) in [5.41, 5.74) is 6.38. The van der Waals surface area contributed by atoms with Crippen molar-refractivity contribution in [3.63, 3.8) is 0 Å². The molecule has 0 unspecified atom stereocenters. The van der Waals surface area contributed by atoms with Crippen LogP contribution in [0.5, 0.6) is 0 Å². The molecular weight excluding hydrogens is 124 g/mol. The zero-order valence-electron chi connectivity index (χ0n) is 6.15. The Morgan fingerprint density at radius 1 is 1.90 bits per heavy atom. The van der Waals surface area contributed by atoms with Crippen LogP contribution in [0.25, 0.3) is 0 Å². The first kappa shape index (κ1) is 8.64. The molecule has 54 valence electrons. The number of terminal acetylenes is 1. The van der Waals surface area contributed by atoms with Gasteiger partial charge in [0.25, 0.3) is 0 Å². The molecule has 0 aliphatic heterocycles. The molecule has 2 heteroatoms. The predicted molar refractivity (Wildman–Crippen MR) is 43.9 cm³/mol. The highest BCUT2D eigenvalue weighted by molar-refractivity contribution is 5.40. The van der Waals surface area contributed by atoms with E-state index in [-0.39, 0.29) is 0 Å². The maximum Gasteiger partial charge on any atom is 0.0622 e. The lowest BCUT2D eigenvalue weighted by Gasteiger charge is -1.97. The van der Waals surface area contributed by atoms with E-state index in [1.54, 1.807) is 6.20 Å². The Kier molecular flexibility index (Phi) is 3.90. The summed E-state index contributed by atoms with van der Waals surface area (Å²) in [5.74, 6) is 2.41. The lowest BCUT2D eigenvalue weighted by molar-refractivity contribution is 0.913. The Morgan fingerprint density at radius 3 is 2.80 bits per heavy atom. The van der Waals surface area contributed by atoms with E-state index in [0.29, 0.717) is 11.3 Å². The fourth-order valence-corrected chi connectivity index (χ4v) is 0.431. The molecule has 0 saturated carbocycles. The minimum atomic E-state index is 0.420. The van der Waals surface area contributed by atoms with Gasteiger partial charge in [-0.25, -0.2) is 0 Å². The molecule has 0 spiro atoms. The van der Waals surface area contributed by atoms with Crippen molar-refractivity contribution in [2.45, 2.75) is 6.92 Å². The standard InChI is InChI=1S/C8H12N2/c1-4-8(7(3)9)6-10-5-2/h1,6,10H,3,5,9H2,2H3/b8-6-. The zero-order valence-corrected chi connectivity index (χ0v) is 6.15. The van der Waals surface area contributed by atoms with Gasteiger partial charge in [0.05, 0.1) is 5.57 Å². The van der Waals surface area contributed by atoms with Gasteiger partial charge in [0.2, 0.25) is 0 Å². The van der Waals surface area contributed by atoms with E-state index < -0.39 is 0 Å². The third kappa shape index (κ3) is 2.83. The summed E-state index contributed by atoms with van der Waals surface area (Å²) in [6.07, 6.45) is 6.80. The van der Waals surface area contributed by atoms with Gasteiger partial charge in [-0.3, -0.25) is 0 Å². The van der Waals surface area contributed by atoms with Gasteiger partial charge in [0.15, 0.2) is 0 Å². The third-order valence-corrected chi connectivity index (χ3v) is 0.952. The molecule has 0 saturated heterocycles. The molecule has 0 aromatic carbocycles. The Hall–Kier alpha value is -1.36. The fraction of sp³-hybridized carbons (Fsp3) is 0.250. The highest BCUT2D eigenvalue weighted by Crippen LogP contribution is 1.95. The van der Waals surface area contributed by atoms with Crippen LogP contribution in [0.1, 0.15) is 6.92 Å². The van der Waals surface area contributed by atoms with Gasteiger partial charge in [0, 0.05) is 18.4 Å². The minimum Gasteiger partial charge on any atom is -0.398 e. The molecule has 3 N–H and O–H groups in total. The largest absolute Gasteiger partial charge is 0.398 e. The molecule has 0 aromatic rings. The van der Waals surface area contributed by atoms with Crippen molar-refractivity contribution in [2.24, 2.45) is 5.73 Å². The summed E-state index contributed by atoms with van der Waals surface area (Å²) < 4.78 is 0. The number of allylic oxidation sites excluding steroid dienone is 1. The normalized spacial score (nSPS) is 10.2. The Bertz CT molecular complexity index is 184. The Morgan fingerprint density at radius 2 is 2.50 bits per heavy atom. The summed E-state index contributed by atoms with van der Waals surface area (Å²) in [5, 5.41) is 2.94. The average molecular weight is 136 g/mol. The number of hydrogen-bond donors (Lipinski definition) is 2. The van der Waals surface area contributed by atoms with Crippen LogP contribution in [-0.4, -0.2) is 6.54 Å². The first-order valence-corrected chi connectivity index (χ1v) is 3.07. The predicted octanol–water partition coefficient (Wildman–Crippen LogP) is 0.585. The molecule has 0 fully saturated rings. The van der Waals surface area contributed by atoms with E-state index >= 15 is 0 Å². The summed E-state index contributed by atoms with van der Waals surface area (Å²) in [6.45, 7) is 6.31. The monoisotopic (exact) mass is 136 g/mol. The van der Waals surface area contributed by atoms with Crippen molar-refractivity contribution in [2.75, 3.05) is 6.54 Å². The highest BCUT2D eigenvalue weighted by atomic mass is 14.8. The van der Waals surface area contributed by atoms with Crippen molar-refractivity contribution in [1.29, 1.82) is 0 Å². The van der Waals surface area contributed by atoms with Gasteiger partial charge >= 0.3 is 0 Å². The van der Waals surface area contributed by atoms with E-state index in [2.05, 4.69) is 17.8 Å². The van der Waals surface area contributed by atoms with Gasteiger partial charge < -0.3 is 11.1 Å². The molecule has 0 aliphatic rings. The maximum atomic E-state index is 5.34. The number of nitrogens with two attached hydrogens (primary N) is 1. The minimum absolute atomic E-state index is 0.420. The Labute approximate surface area is 61.8 Å². The lowest BCUT2D eigenvalue weighted by Crippen LogP contribution is -2.07. The summed E-state index contributed by atoms with van der Waals surface area (Å²) in [6, 6.07) is 0. The SMILES string of the molecule is C#C/C(=C/NCC)C(=C)N. The molecule has 0 bridgehead atoms. The summed E-state index contributed by atoms with van der Waals surface area (Å²) in [4.78, 5) is 0. The lowest BCUT2D eigenvalue weighted by atomic mass is 10.2. The van der Waals surface area contributed by atoms with Crippen molar-refractivity contribution < 1.29 is 0 Å². The van der Waals surface area contributed by atoms with E-state index in [1.807, 2.05) is 6.92 Å². The van der Waals surface area contributed by atoms with Gasteiger partial charge in [-0.15, -0.1) is 6.42 Å².